The molecule has 3 N–H and O–H groups in total. The Hall–Kier alpha value is -1.98. The molecule has 1 aliphatic rings. The molecule has 5 heteroatoms. The summed E-state index contributed by atoms with van der Waals surface area (Å²) in [7, 11) is 0. The van der Waals surface area contributed by atoms with E-state index < -0.39 is 0 Å². The third-order valence-electron chi connectivity index (χ3n) is 4.64. The predicted molar refractivity (Wildman–Crippen MR) is 96.5 cm³/mol. The highest BCUT2D eigenvalue weighted by Gasteiger charge is 2.25. The van der Waals surface area contributed by atoms with Crippen LogP contribution in [0.5, 0.6) is 0 Å². The third-order valence-corrected chi connectivity index (χ3v) is 4.64. The van der Waals surface area contributed by atoms with Crippen LogP contribution in [0.15, 0.2) is 30.3 Å². The van der Waals surface area contributed by atoms with Crippen LogP contribution in [0.3, 0.4) is 0 Å². The van der Waals surface area contributed by atoms with E-state index in [1.54, 1.807) is 0 Å². The average molecular weight is 326 g/mol. The molecule has 1 saturated heterocycles. The van der Waals surface area contributed by atoms with Gasteiger partial charge in [-0.15, -0.1) is 0 Å². The Morgan fingerprint density at radius 3 is 3.08 bits per heavy atom. The first-order valence-corrected chi connectivity index (χ1v) is 8.73. The molecule has 1 fully saturated rings. The van der Waals surface area contributed by atoms with Crippen molar-refractivity contribution in [1.82, 2.24) is 15.2 Å². The number of para-hydroxylation sites is 1. The number of amides is 1. The summed E-state index contributed by atoms with van der Waals surface area (Å²) in [6, 6.07) is 10.4. The van der Waals surface area contributed by atoms with Gasteiger partial charge in [0.05, 0.1) is 11.4 Å². The molecule has 24 heavy (non-hydrogen) atoms. The molecule has 1 aromatic carbocycles. The van der Waals surface area contributed by atoms with Crippen LogP contribution >= 0.6 is 0 Å². The van der Waals surface area contributed by atoms with Crippen molar-refractivity contribution >= 4 is 16.8 Å². The molecule has 0 saturated carbocycles. The molecular formula is C19H26N4O. The quantitative estimate of drug-likeness (QED) is 0.879. The van der Waals surface area contributed by atoms with Gasteiger partial charge in [0.15, 0.2) is 0 Å². The Labute approximate surface area is 143 Å². The molecule has 1 unspecified atom stereocenters. The van der Waals surface area contributed by atoms with Crippen molar-refractivity contribution in [2.75, 3.05) is 26.2 Å². The number of hydrogen-bond acceptors (Lipinski definition) is 4. The first-order valence-electron chi connectivity index (χ1n) is 8.73. The van der Waals surface area contributed by atoms with Gasteiger partial charge in [-0.25, -0.2) is 0 Å². The number of carbonyl (C=O) groups excluding carboxylic acids is 1. The van der Waals surface area contributed by atoms with Gasteiger partial charge >= 0.3 is 0 Å². The Bertz CT molecular complexity index is 716. The van der Waals surface area contributed by atoms with E-state index in [4.69, 9.17) is 5.73 Å². The number of carbonyl (C=O) groups is 1. The number of likely N-dealkylation sites (tertiary alicyclic amines) is 1. The van der Waals surface area contributed by atoms with Gasteiger partial charge in [0.2, 0.25) is 5.91 Å². The smallest absolute Gasteiger partial charge is 0.224 e. The van der Waals surface area contributed by atoms with Crippen molar-refractivity contribution in [3.8, 4) is 0 Å². The summed E-state index contributed by atoms with van der Waals surface area (Å²) in [6.45, 7) is 5.80. The van der Waals surface area contributed by atoms with Gasteiger partial charge in [0, 0.05) is 37.3 Å². The van der Waals surface area contributed by atoms with E-state index in [9.17, 15) is 4.79 Å². The fourth-order valence-corrected chi connectivity index (χ4v) is 3.52. The number of benzene rings is 1. The van der Waals surface area contributed by atoms with Crippen LogP contribution in [0.4, 0.5) is 0 Å². The number of fused-ring (bicyclic) bond motifs is 1. The molecule has 0 aliphatic carbocycles. The van der Waals surface area contributed by atoms with Gasteiger partial charge < -0.3 is 11.1 Å². The molecule has 0 bridgehead atoms. The zero-order valence-electron chi connectivity index (χ0n) is 14.3. The van der Waals surface area contributed by atoms with Crippen LogP contribution in [0, 0.1) is 12.8 Å². The topological polar surface area (TPSA) is 71.2 Å². The minimum absolute atomic E-state index is 0.0690. The Kier molecular flexibility index (Phi) is 5.43. The number of piperidine rings is 1. The predicted octanol–water partition coefficient (Wildman–Crippen LogP) is 1.83. The summed E-state index contributed by atoms with van der Waals surface area (Å²) in [5, 5.41) is 4.13. The molecule has 1 aromatic heterocycles. The Balaban J connectivity index is 1.73. The largest absolute Gasteiger partial charge is 0.355 e. The van der Waals surface area contributed by atoms with Crippen molar-refractivity contribution in [2.45, 2.75) is 26.3 Å². The number of nitrogens with zero attached hydrogens (tertiary/aromatic N) is 2. The van der Waals surface area contributed by atoms with E-state index in [0.717, 1.165) is 43.7 Å². The lowest BCUT2D eigenvalue weighted by Crippen LogP contribution is -2.43. The fraction of sp³-hybridized carbons (Fsp3) is 0.474. The summed E-state index contributed by atoms with van der Waals surface area (Å²) in [4.78, 5) is 19.2. The van der Waals surface area contributed by atoms with Crippen LogP contribution in [0.25, 0.3) is 10.9 Å². The SMILES string of the molecule is Cc1cc(CN2CCCC(C(=O)NCCN)C2)c2ccccc2n1. The van der Waals surface area contributed by atoms with Gasteiger partial charge in [-0.3, -0.25) is 14.7 Å². The number of pyridine rings is 1. The second kappa shape index (κ2) is 7.73. The number of aromatic nitrogens is 1. The van der Waals surface area contributed by atoms with Gasteiger partial charge in [0.25, 0.3) is 0 Å². The maximum absolute atomic E-state index is 12.2. The van der Waals surface area contributed by atoms with Crippen LogP contribution in [0.1, 0.15) is 24.1 Å². The van der Waals surface area contributed by atoms with E-state index in [2.05, 4.69) is 39.5 Å². The molecule has 1 amide bonds. The first kappa shape index (κ1) is 16.9. The van der Waals surface area contributed by atoms with Crippen molar-refractivity contribution < 1.29 is 4.79 Å². The minimum atomic E-state index is 0.0690. The lowest BCUT2D eigenvalue weighted by atomic mass is 9.96. The molecule has 128 valence electrons. The number of hydrogen-bond donors (Lipinski definition) is 2. The normalized spacial score (nSPS) is 18.7. The van der Waals surface area contributed by atoms with Gasteiger partial charge in [0.1, 0.15) is 0 Å². The van der Waals surface area contributed by atoms with Crippen molar-refractivity contribution in [1.29, 1.82) is 0 Å². The molecular weight excluding hydrogens is 300 g/mol. The lowest BCUT2D eigenvalue weighted by molar-refractivity contribution is -0.126. The highest BCUT2D eigenvalue weighted by molar-refractivity contribution is 5.82. The van der Waals surface area contributed by atoms with Crippen molar-refractivity contribution in [3.05, 3.63) is 41.6 Å². The Morgan fingerprint density at radius 2 is 2.25 bits per heavy atom. The van der Waals surface area contributed by atoms with E-state index in [1.165, 1.54) is 10.9 Å². The summed E-state index contributed by atoms with van der Waals surface area (Å²) < 4.78 is 0. The van der Waals surface area contributed by atoms with Crippen LogP contribution in [-0.2, 0) is 11.3 Å². The highest BCUT2D eigenvalue weighted by atomic mass is 16.1. The molecule has 1 atom stereocenters. The zero-order valence-corrected chi connectivity index (χ0v) is 14.3. The van der Waals surface area contributed by atoms with E-state index in [0.29, 0.717) is 13.1 Å². The van der Waals surface area contributed by atoms with E-state index in [-0.39, 0.29) is 11.8 Å². The van der Waals surface area contributed by atoms with Gasteiger partial charge in [-0.1, -0.05) is 18.2 Å². The Morgan fingerprint density at radius 1 is 1.42 bits per heavy atom. The molecule has 1 aliphatic heterocycles. The highest BCUT2D eigenvalue weighted by Crippen LogP contribution is 2.23. The standard InChI is InChI=1S/C19H26N4O/c1-14-11-16(17-6-2-3-7-18(17)22-14)13-23-10-4-5-15(12-23)19(24)21-9-8-20/h2-3,6-7,11,15H,4-5,8-10,12-13,20H2,1H3,(H,21,24). The van der Waals surface area contributed by atoms with Gasteiger partial charge in [-0.2, -0.15) is 0 Å². The molecule has 2 aromatic rings. The van der Waals surface area contributed by atoms with Crippen molar-refractivity contribution in [3.63, 3.8) is 0 Å². The lowest BCUT2D eigenvalue weighted by Gasteiger charge is -2.32. The maximum atomic E-state index is 12.2. The number of rotatable bonds is 5. The average Bonchev–Trinajstić information content (AvgIpc) is 2.59. The third kappa shape index (κ3) is 3.91. The second-order valence-corrected chi connectivity index (χ2v) is 6.59. The molecule has 2 heterocycles. The molecule has 5 nitrogen and oxygen atoms in total. The fourth-order valence-electron chi connectivity index (χ4n) is 3.52. The monoisotopic (exact) mass is 326 g/mol. The summed E-state index contributed by atoms with van der Waals surface area (Å²) >= 11 is 0. The van der Waals surface area contributed by atoms with Crippen molar-refractivity contribution in [2.24, 2.45) is 11.7 Å². The van der Waals surface area contributed by atoms with E-state index >= 15 is 0 Å². The number of nitrogens with two attached hydrogens (primary N) is 1. The van der Waals surface area contributed by atoms with Crippen LogP contribution < -0.4 is 11.1 Å². The summed E-state index contributed by atoms with van der Waals surface area (Å²) in [5.74, 6) is 0.209. The summed E-state index contributed by atoms with van der Waals surface area (Å²) in [6.07, 6.45) is 2.02. The second-order valence-electron chi connectivity index (χ2n) is 6.59. The number of aryl methyl sites for hydroxylation is 1. The maximum Gasteiger partial charge on any atom is 0.224 e. The molecule has 0 radical (unpaired) electrons. The minimum Gasteiger partial charge on any atom is -0.355 e. The number of nitrogens with one attached hydrogen (secondary N) is 1. The van der Waals surface area contributed by atoms with Crippen LogP contribution in [-0.4, -0.2) is 42.0 Å². The first-order chi connectivity index (χ1) is 11.7. The molecule has 3 rings (SSSR count). The van der Waals surface area contributed by atoms with Gasteiger partial charge in [-0.05, 0) is 44.0 Å². The summed E-state index contributed by atoms with van der Waals surface area (Å²) in [5.41, 5.74) is 8.85. The molecule has 0 spiro atoms. The van der Waals surface area contributed by atoms with E-state index in [1.807, 2.05) is 13.0 Å². The zero-order chi connectivity index (χ0) is 16.9. The van der Waals surface area contributed by atoms with Crippen LogP contribution in [0.2, 0.25) is 0 Å².